The first kappa shape index (κ1) is 14.7. The summed E-state index contributed by atoms with van der Waals surface area (Å²) in [5.41, 5.74) is 0. The molecule has 0 amide bonds. The first-order valence-corrected chi connectivity index (χ1v) is 6.64. The van der Waals surface area contributed by atoms with Crippen molar-refractivity contribution in [1.29, 1.82) is 0 Å². The van der Waals surface area contributed by atoms with E-state index in [4.69, 9.17) is 0 Å². The average molecular weight is 251 g/mol. The predicted octanol–water partition coefficient (Wildman–Crippen LogP) is 1.69. The molecule has 0 atom stereocenters. The van der Waals surface area contributed by atoms with Gasteiger partial charge in [0.05, 0.1) is 0 Å². The van der Waals surface area contributed by atoms with Crippen LogP contribution < -0.4 is 10.2 Å². The molecule has 0 aliphatic rings. The van der Waals surface area contributed by atoms with Crippen molar-refractivity contribution in [3.63, 3.8) is 0 Å². The minimum Gasteiger partial charge on any atom is -0.369 e. The van der Waals surface area contributed by atoms with Crippen molar-refractivity contribution in [2.24, 2.45) is 0 Å². The largest absolute Gasteiger partial charge is 0.369 e. The maximum Gasteiger partial charge on any atom is 0.226 e. The van der Waals surface area contributed by atoms with Gasteiger partial charge in [0, 0.05) is 33.4 Å². The van der Waals surface area contributed by atoms with E-state index in [0.29, 0.717) is 0 Å². The van der Waals surface area contributed by atoms with Crippen molar-refractivity contribution >= 4 is 11.8 Å². The molecule has 1 rings (SSSR count). The molecule has 0 radical (unpaired) electrons. The molecule has 0 aromatic carbocycles. The van der Waals surface area contributed by atoms with Gasteiger partial charge < -0.3 is 15.1 Å². The third-order valence-electron chi connectivity index (χ3n) is 2.76. The number of likely N-dealkylation sites (N-methyl/N-ethyl adjacent to an activating group) is 1. The van der Waals surface area contributed by atoms with E-state index >= 15 is 0 Å². The van der Waals surface area contributed by atoms with E-state index < -0.39 is 0 Å². The van der Waals surface area contributed by atoms with Crippen molar-refractivity contribution in [2.45, 2.75) is 20.3 Å². The molecule has 0 spiro atoms. The second-order valence-electron chi connectivity index (χ2n) is 4.50. The van der Waals surface area contributed by atoms with Crippen LogP contribution in [0, 0.1) is 0 Å². The van der Waals surface area contributed by atoms with Crippen LogP contribution in [0.25, 0.3) is 0 Å². The van der Waals surface area contributed by atoms with Crippen LogP contribution in [-0.4, -0.2) is 55.1 Å². The van der Waals surface area contributed by atoms with Gasteiger partial charge in [-0.15, -0.1) is 0 Å². The molecule has 1 heterocycles. The quantitative estimate of drug-likeness (QED) is 0.761. The lowest BCUT2D eigenvalue weighted by molar-refractivity contribution is 0.300. The molecule has 102 valence electrons. The number of nitrogens with zero attached hydrogens (tertiary/aromatic N) is 4. The smallest absolute Gasteiger partial charge is 0.226 e. The number of nitrogens with one attached hydrogen (secondary N) is 1. The summed E-state index contributed by atoms with van der Waals surface area (Å²) >= 11 is 0. The van der Waals surface area contributed by atoms with Crippen LogP contribution in [0.3, 0.4) is 0 Å². The standard InChI is InChI=1S/C13H25N5/c1-5-10-18(6-2)11-9-14-12-7-8-15-13(16-12)17(3)4/h7-8H,5-6,9-11H2,1-4H3,(H,14,15,16). The van der Waals surface area contributed by atoms with E-state index in [1.165, 1.54) is 6.42 Å². The number of hydrogen-bond acceptors (Lipinski definition) is 5. The molecule has 1 aromatic rings. The maximum atomic E-state index is 4.43. The predicted molar refractivity (Wildman–Crippen MR) is 77.3 cm³/mol. The third kappa shape index (κ3) is 4.87. The molecule has 1 N–H and O–H groups in total. The maximum absolute atomic E-state index is 4.43. The fourth-order valence-electron chi connectivity index (χ4n) is 1.75. The van der Waals surface area contributed by atoms with Crippen LogP contribution in [0.1, 0.15) is 20.3 Å². The molecule has 0 aliphatic carbocycles. The van der Waals surface area contributed by atoms with E-state index in [1.807, 2.05) is 25.1 Å². The van der Waals surface area contributed by atoms with Gasteiger partial charge in [0.1, 0.15) is 5.82 Å². The lowest BCUT2D eigenvalue weighted by Crippen LogP contribution is -2.29. The highest BCUT2D eigenvalue weighted by atomic mass is 15.2. The SMILES string of the molecule is CCCN(CC)CCNc1ccnc(N(C)C)n1. The Morgan fingerprint density at radius 3 is 2.61 bits per heavy atom. The highest BCUT2D eigenvalue weighted by molar-refractivity contribution is 5.40. The van der Waals surface area contributed by atoms with Crippen molar-refractivity contribution in [2.75, 3.05) is 50.5 Å². The zero-order valence-corrected chi connectivity index (χ0v) is 12.0. The summed E-state index contributed by atoms with van der Waals surface area (Å²) in [7, 11) is 3.89. The number of hydrogen-bond donors (Lipinski definition) is 1. The van der Waals surface area contributed by atoms with E-state index in [-0.39, 0.29) is 0 Å². The van der Waals surface area contributed by atoms with Crippen LogP contribution in [0.15, 0.2) is 12.3 Å². The van der Waals surface area contributed by atoms with Crippen LogP contribution in [0.2, 0.25) is 0 Å². The molecule has 0 bridgehead atoms. The van der Waals surface area contributed by atoms with Gasteiger partial charge in [-0.2, -0.15) is 4.98 Å². The Balaban J connectivity index is 2.41. The fraction of sp³-hybridized carbons (Fsp3) is 0.692. The average Bonchev–Trinajstić information content (AvgIpc) is 2.38. The lowest BCUT2D eigenvalue weighted by Gasteiger charge is -2.19. The van der Waals surface area contributed by atoms with E-state index in [0.717, 1.165) is 37.9 Å². The van der Waals surface area contributed by atoms with Crippen molar-refractivity contribution in [3.8, 4) is 0 Å². The molecule has 0 unspecified atom stereocenters. The van der Waals surface area contributed by atoms with Crippen LogP contribution in [-0.2, 0) is 0 Å². The van der Waals surface area contributed by atoms with Crippen LogP contribution >= 0.6 is 0 Å². The van der Waals surface area contributed by atoms with Gasteiger partial charge in [0.15, 0.2) is 0 Å². The van der Waals surface area contributed by atoms with E-state index in [9.17, 15) is 0 Å². The minimum atomic E-state index is 0.737. The molecule has 0 saturated heterocycles. The second-order valence-corrected chi connectivity index (χ2v) is 4.50. The summed E-state index contributed by atoms with van der Waals surface area (Å²) in [5.74, 6) is 1.63. The van der Waals surface area contributed by atoms with Crippen molar-refractivity contribution in [3.05, 3.63) is 12.3 Å². The summed E-state index contributed by atoms with van der Waals surface area (Å²) < 4.78 is 0. The minimum absolute atomic E-state index is 0.737. The van der Waals surface area contributed by atoms with Crippen LogP contribution in [0.5, 0.6) is 0 Å². The third-order valence-corrected chi connectivity index (χ3v) is 2.76. The highest BCUT2D eigenvalue weighted by Gasteiger charge is 2.02. The summed E-state index contributed by atoms with van der Waals surface area (Å²) in [5, 5.41) is 3.34. The Morgan fingerprint density at radius 1 is 1.22 bits per heavy atom. The van der Waals surface area contributed by atoms with Gasteiger partial charge in [-0.25, -0.2) is 4.98 Å². The summed E-state index contributed by atoms with van der Waals surface area (Å²) in [6.45, 7) is 8.63. The zero-order valence-electron chi connectivity index (χ0n) is 12.0. The zero-order chi connectivity index (χ0) is 13.4. The summed E-state index contributed by atoms with van der Waals surface area (Å²) in [6, 6.07) is 1.91. The first-order chi connectivity index (χ1) is 8.67. The Labute approximate surface area is 110 Å². The molecule has 18 heavy (non-hydrogen) atoms. The van der Waals surface area contributed by atoms with Gasteiger partial charge in [0.2, 0.25) is 5.95 Å². The number of aromatic nitrogens is 2. The normalized spacial score (nSPS) is 10.7. The first-order valence-electron chi connectivity index (χ1n) is 6.64. The molecule has 0 fully saturated rings. The monoisotopic (exact) mass is 251 g/mol. The molecule has 5 heteroatoms. The highest BCUT2D eigenvalue weighted by Crippen LogP contribution is 2.07. The topological polar surface area (TPSA) is 44.3 Å². The Kier molecular flexibility index (Phi) is 6.43. The fourth-order valence-corrected chi connectivity index (χ4v) is 1.75. The lowest BCUT2D eigenvalue weighted by atomic mass is 10.4. The van der Waals surface area contributed by atoms with Crippen molar-refractivity contribution in [1.82, 2.24) is 14.9 Å². The van der Waals surface area contributed by atoms with Crippen molar-refractivity contribution < 1.29 is 0 Å². The summed E-state index contributed by atoms with van der Waals surface area (Å²) in [4.78, 5) is 13.0. The van der Waals surface area contributed by atoms with Gasteiger partial charge in [0.25, 0.3) is 0 Å². The van der Waals surface area contributed by atoms with E-state index in [2.05, 4.69) is 34.0 Å². The Bertz CT molecular complexity index is 340. The molecule has 5 nitrogen and oxygen atoms in total. The van der Waals surface area contributed by atoms with Gasteiger partial charge in [-0.1, -0.05) is 13.8 Å². The molecule has 0 saturated carbocycles. The Hall–Kier alpha value is -1.36. The second kappa shape index (κ2) is 7.87. The molecule has 0 aliphatic heterocycles. The van der Waals surface area contributed by atoms with Gasteiger partial charge in [-0.3, -0.25) is 0 Å². The summed E-state index contributed by atoms with van der Waals surface area (Å²) in [6.07, 6.45) is 2.99. The van der Waals surface area contributed by atoms with Crippen LogP contribution in [0.4, 0.5) is 11.8 Å². The van der Waals surface area contributed by atoms with Gasteiger partial charge >= 0.3 is 0 Å². The van der Waals surface area contributed by atoms with Gasteiger partial charge in [-0.05, 0) is 25.6 Å². The molecular formula is C13H25N5. The Morgan fingerprint density at radius 2 is 2.00 bits per heavy atom. The van der Waals surface area contributed by atoms with E-state index in [1.54, 1.807) is 6.20 Å². The molecule has 1 aromatic heterocycles. The molecular weight excluding hydrogens is 226 g/mol. The number of rotatable bonds is 8. The number of anilines is 2.